The summed E-state index contributed by atoms with van der Waals surface area (Å²) in [6.45, 7) is 7.02. The Kier molecular flexibility index (Phi) is 4.61. The van der Waals surface area contributed by atoms with E-state index in [1.807, 2.05) is 19.1 Å². The number of benzene rings is 1. The number of thiazole rings is 1. The van der Waals surface area contributed by atoms with Crippen LogP contribution in [-0.4, -0.2) is 33.1 Å². The van der Waals surface area contributed by atoms with E-state index in [1.165, 1.54) is 4.88 Å². The largest absolute Gasteiger partial charge is 0.504 e. The maximum absolute atomic E-state index is 10.5. The van der Waals surface area contributed by atoms with E-state index in [4.69, 9.17) is 4.74 Å². The zero-order valence-electron chi connectivity index (χ0n) is 14.9. The maximum atomic E-state index is 10.5. The van der Waals surface area contributed by atoms with E-state index in [2.05, 4.69) is 27.9 Å². The molecule has 2 aromatic heterocycles. The topological polar surface area (TPSA) is 58.5 Å². The van der Waals surface area contributed by atoms with Gasteiger partial charge in [0.2, 0.25) is 0 Å². The van der Waals surface area contributed by atoms with Crippen LogP contribution in [0.2, 0.25) is 0 Å². The second-order valence-electron chi connectivity index (χ2n) is 6.53. The molecular formula is C20H21N3O2S. The van der Waals surface area contributed by atoms with Crippen molar-refractivity contribution in [2.24, 2.45) is 0 Å². The van der Waals surface area contributed by atoms with Crippen LogP contribution in [0.3, 0.4) is 0 Å². The van der Waals surface area contributed by atoms with E-state index < -0.39 is 0 Å². The van der Waals surface area contributed by atoms with Crippen LogP contribution >= 0.6 is 11.3 Å². The molecule has 26 heavy (non-hydrogen) atoms. The Hall–Kier alpha value is -2.44. The minimum Gasteiger partial charge on any atom is -0.504 e. The number of hydrogen-bond donors (Lipinski definition) is 1. The molecule has 3 aromatic rings. The summed E-state index contributed by atoms with van der Waals surface area (Å²) in [7, 11) is 0. The molecule has 5 nitrogen and oxygen atoms in total. The molecule has 6 heteroatoms. The van der Waals surface area contributed by atoms with Crippen LogP contribution in [0.4, 0.5) is 0 Å². The van der Waals surface area contributed by atoms with Crippen molar-refractivity contribution >= 4 is 11.3 Å². The lowest BCUT2D eigenvalue weighted by Crippen LogP contribution is -2.25. The van der Waals surface area contributed by atoms with Crippen LogP contribution in [0.15, 0.2) is 36.7 Å². The van der Waals surface area contributed by atoms with Gasteiger partial charge in [-0.15, -0.1) is 11.3 Å². The van der Waals surface area contributed by atoms with E-state index in [0.717, 1.165) is 40.5 Å². The Morgan fingerprint density at radius 3 is 2.88 bits per heavy atom. The van der Waals surface area contributed by atoms with Crippen molar-refractivity contribution in [3.63, 3.8) is 0 Å². The van der Waals surface area contributed by atoms with Crippen LogP contribution in [0, 0.1) is 13.8 Å². The molecule has 0 saturated heterocycles. The molecule has 1 N–H and O–H groups in total. The predicted molar refractivity (Wildman–Crippen MR) is 103 cm³/mol. The standard InChI is InChI=1S/C20H21N3O2S/c1-13-14(2)26-19(22-13)12-23-6-7-25-20-17(11-23)8-16(9-18(20)24)15-4-3-5-21-10-15/h3-5,8-10,24H,6-7,11-12H2,1-2H3. The van der Waals surface area contributed by atoms with Crippen molar-refractivity contribution in [3.8, 4) is 22.6 Å². The summed E-state index contributed by atoms with van der Waals surface area (Å²) in [5.41, 5.74) is 4.02. The van der Waals surface area contributed by atoms with Crippen molar-refractivity contribution < 1.29 is 9.84 Å². The average Bonchev–Trinajstić information content (AvgIpc) is 2.82. The van der Waals surface area contributed by atoms with E-state index >= 15 is 0 Å². The number of ether oxygens (including phenoxy) is 1. The summed E-state index contributed by atoms with van der Waals surface area (Å²) >= 11 is 1.75. The maximum Gasteiger partial charge on any atom is 0.165 e. The van der Waals surface area contributed by atoms with E-state index in [1.54, 1.807) is 29.8 Å². The zero-order chi connectivity index (χ0) is 18.1. The van der Waals surface area contributed by atoms with Crippen molar-refractivity contribution in [1.82, 2.24) is 14.9 Å². The number of nitrogens with zero attached hydrogens (tertiary/aromatic N) is 3. The third-order valence-electron chi connectivity index (χ3n) is 4.62. The Labute approximate surface area is 156 Å². The van der Waals surface area contributed by atoms with Gasteiger partial charge in [0, 0.05) is 41.5 Å². The lowest BCUT2D eigenvalue weighted by atomic mass is 10.0. The smallest absolute Gasteiger partial charge is 0.165 e. The summed E-state index contributed by atoms with van der Waals surface area (Å²) in [6, 6.07) is 7.72. The van der Waals surface area contributed by atoms with Crippen LogP contribution < -0.4 is 4.74 Å². The normalized spacial score (nSPS) is 14.5. The summed E-state index contributed by atoms with van der Waals surface area (Å²) in [5.74, 6) is 0.774. The number of aromatic hydroxyl groups is 1. The first-order chi connectivity index (χ1) is 12.6. The molecular weight excluding hydrogens is 346 g/mol. The van der Waals surface area contributed by atoms with E-state index in [9.17, 15) is 5.11 Å². The van der Waals surface area contributed by atoms with Crippen molar-refractivity contribution in [1.29, 1.82) is 0 Å². The molecule has 3 heterocycles. The zero-order valence-corrected chi connectivity index (χ0v) is 15.7. The Morgan fingerprint density at radius 2 is 2.15 bits per heavy atom. The highest BCUT2D eigenvalue weighted by Gasteiger charge is 2.21. The summed E-state index contributed by atoms with van der Waals surface area (Å²) < 4.78 is 5.84. The van der Waals surface area contributed by atoms with Gasteiger partial charge in [0.25, 0.3) is 0 Å². The van der Waals surface area contributed by atoms with Crippen LogP contribution in [0.1, 0.15) is 21.1 Å². The van der Waals surface area contributed by atoms with Gasteiger partial charge < -0.3 is 9.84 Å². The molecule has 1 aliphatic heterocycles. The fourth-order valence-corrected chi connectivity index (χ4v) is 4.16. The highest BCUT2D eigenvalue weighted by Crippen LogP contribution is 2.37. The Bertz CT molecular complexity index is 905. The van der Waals surface area contributed by atoms with Gasteiger partial charge in [-0.3, -0.25) is 9.88 Å². The summed E-state index contributed by atoms with van der Waals surface area (Å²) in [5, 5.41) is 11.6. The number of phenols is 1. The van der Waals surface area contributed by atoms with Crippen LogP contribution in [-0.2, 0) is 13.1 Å². The van der Waals surface area contributed by atoms with Gasteiger partial charge in [0.1, 0.15) is 11.6 Å². The molecule has 0 saturated carbocycles. The fraction of sp³-hybridized carbons (Fsp3) is 0.300. The van der Waals surface area contributed by atoms with Gasteiger partial charge in [0.15, 0.2) is 11.5 Å². The van der Waals surface area contributed by atoms with E-state index in [0.29, 0.717) is 18.9 Å². The fourth-order valence-electron chi connectivity index (χ4n) is 3.19. The molecule has 1 aliphatic rings. The lowest BCUT2D eigenvalue weighted by Gasteiger charge is -2.18. The molecule has 1 aromatic carbocycles. The first-order valence-corrected chi connectivity index (χ1v) is 9.46. The molecule has 0 fully saturated rings. The second-order valence-corrected chi connectivity index (χ2v) is 7.82. The molecule has 0 atom stereocenters. The van der Waals surface area contributed by atoms with Gasteiger partial charge in [-0.05, 0) is 37.6 Å². The molecule has 0 spiro atoms. The second kappa shape index (κ2) is 7.05. The average molecular weight is 367 g/mol. The highest BCUT2D eigenvalue weighted by atomic mass is 32.1. The predicted octanol–water partition coefficient (Wildman–Crippen LogP) is 3.92. The third-order valence-corrected chi connectivity index (χ3v) is 5.68. The number of rotatable bonds is 3. The molecule has 0 aliphatic carbocycles. The number of aromatic nitrogens is 2. The number of fused-ring (bicyclic) bond motifs is 1. The number of hydrogen-bond acceptors (Lipinski definition) is 6. The molecule has 0 amide bonds. The number of aryl methyl sites for hydroxylation is 2. The quantitative estimate of drug-likeness (QED) is 0.760. The van der Waals surface area contributed by atoms with Crippen LogP contribution in [0.5, 0.6) is 11.5 Å². The lowest BCUT2D eigenvalue weighted by molar-refractivity contribution is 0.217. The molecule has 0 radical (unpaired) electrons. The third kappa shape index (κ3) is 3.43. The van der Waals surface area contributed by atoms with Gasteiger partial charge in [-0.2, -0.15) is 0 Å². The molecule has 0 unspecified atom stereocenters. The SMILES string of the molecule is Cc1nc(CN2CCOc3c(O)cc(-c4cccnc4)cc3C2)sc1C. The van der Waals surface area contributed by atoms with Crippen molar-refractivity contribution in [3.05, 3.63) is 57.8 Å². The number of phenolic OH excluding ortho intramolecular Hbond substituents is 1. The van der Waals surface area contributed by atoms with Gasteiger partial charge in [-0.1, -0.05) is 6.07 Å². The Balaban J connectivity index is 1.63. The number of pyridine rings is 1. The molecule has 4 rings (SSSR count). The highest BCUT2D eigenvalue weighted by molar-refractivity contribution is 7.11. The van der Waals surface area contributed by atoms with E-state index in [-0.39, 0.29) is 5.75 Å². The van der Waals surface area contributed by atoms with Gasteiger partial charge >= 0.3 is 0 Å². The monoisotopic (exact) mass is 367 g/mol. The first-order valence-electron chi connectivity index (χ1n) is 8.64. The molecule has 134 valence electrons. The van der Waals surface area contributed by atoms with Crippen molar-refractivity contribution in [2.75, 3.05) is 13.2 Å². The Morgan fingerprint density at radius 1 is 1.27 bits per heavy atom. The van der Waals surface area contributed by atoms with Gasteiger partial charge in [-0.25, -0.2) is 4.98 Å². The first kappa shape index (κ1) is 17.0. The van der Waals surface area contributed by atoms with Crippen LogP contribution in [0.25, 0.3) is 11.1 Å². The minimum atomic E-state index is 0.184. The summed E-state index contributed by atoms with van der Waals surface area (Å²) in [6.07, 6.45) is 3.55. The molecule has 0 bridgehead atoms. The van der Waals surface area contributed by atoms with Crippen molar-refractivity contribution in [2.45, 2.75) is 26.9 Å². The minimum absolute atomic E-state index is 0.184. The van der Waals surface area contributed by atoms with Gasteiger partial charge in [0.05, 0.1) is 12.2 Å². The summed E-state index contributed by atoms with van der Waals surface area (Å²) in [4.78, 5) is 12.4.